The van der Waals surface area contributed by atoms with Crippen LogP contribution in [0.1, 0.15) is 65.7 Å². The van der Waals surface area contributed by atoms with Crippen LogP contribution in [-0.2, 0) is 0 Å². The summed E-state index contributed by atoms with van der Waals surface area (Å²) in [5.41, 5.74) is 0.672. The minimum Gasteiger partial charge on any atom is -0.301 e. The van der Waals surface area contributed by atoms with Crippen molar-refractivity contribution in [3.8, 4) is 0 Å². The molecule has 1 aliphatic carbocycles. The van der Waals surface area contributed by atoms with E-state index >= 15 is 0 Å². The highest BCUT2D eigenvalue weighted by atomic mass is 15.2. The summed E-state index contributed by atoms with van der Waals surface area (Å²) >= 11 is 0. The highest BCUT2D eigenvalue weighted by Crippen LogP contribution is 2.45. The van der Waals surface area contributed by atoms with E-state index in [1.165, 1.54) is 58.0 Å². The van der Waals surface area contributed by atoms with E-state index in [0.717, 1.165) is 12.0 Å². The molecule has 1 saturated carbocycles. The lowest BCUT2D eigenvalue weighted by Crippen LogP contribution is -2.45. The first-order valence-corrected chi connectivity index (χ1v) is 7.36. The van der Waals surface area contributed by atoms with Gasteiger partial charge in [0.1, 0.15) is 0 Å². The highest BCUT2D eigenvalue weighted by Gasteiger charge is 2.37. The third-order valence-electron chi connectivity index (χ3n) is 5.26. The molecule has 2 aliphatic rings. The second-order valence-corrected chi connectivity index (χ2v) is 6.62. The van der Waals surface area contributed by atoms with Crippen molar-refractivity contribution in [2.75, 3.05) is 13.1 Å². The summed E-state index contributed by atoms with van der Waals surface area (Å²) in [6, 6.07) is 0.746. The molecular weight excluding hydrogens is 194 g/mol. The average molecular weight is 223 g/mol. The minimum absolute atomic E-state index is 0.672. The summed E-state index contributed by atoms with van der Waals surface area (Å²) < 4.78 is 0. The molecule has 0 radical (unpaired) electrons. The van der Waals surface area contributed by atoms with Crippen LogP contribution < -0.4 is 0 Å². The maximum atomic E-state index is 2.66. The molecule has 0 bridgehead atoms. The Balaban J connectivity index is 1.89. The molecule has 0 amide bonds. The van der Waals surface area contributed by atoms with Crippen molar-refractivity contribution in [1.82, 2.24) is 4.90 Å². The van der Waals surface area contributed by atoms with Gasteiger partial charge in [-0.05, 0) is 64.0 Å². The fourth-order valence-electron chi connectivity index (χ4n) is 3.76. The maximum absolute atomic E-state index is 2.66. The molecule has 0 unspecified atom stereocenters. The highest BCUT2D eigenvalue weighted by molar-refractivity contribution is 4.89. The van der Waals surface area contributed by atoms with E-state index < -0.39 is 0 Å². The smallest absolute Gasteiger partial charge is 0.00385 e. The first-order chi connectivity index (χ1) is 7.62. The zero-order chi connectivity index (χ0) is 11.6. The van der Waals surface area contributed by atoms with Crippen molar-refractivity contribution in [3.05, 3.63) is 0 Å². The summed E-state index contributed by atoms with van der Waals surface area (Å²) in [5.74, 6) is 1.04. The second-order valence-electron chi connectivity index (χ2n) is 6.62. The molecular formula is C15H29N. The van der Waals surface area contributed by atoms with E-state index in [9.17, 15) is 0 Å². The van der Waals surface area contributed by atoms with E-state index in [4.69, 9.17) is 0 Å². The Kier molecular flexibility index (Phi) is 3.94. The maximum Gasteiger partial charge on any atom is 0.00385 e. The van der Waals surface area contributed by atoms with Crippen LogP contribution in [0.25, 0.3) is 0 Å². The third kappa shape index (κ3) is 2.61. The Hall–Kier alpha value is -0.0400. The third-order valence-corrected chi connectivity index (χ3v) is 5.26. The zero-order valence-electron chi connectivity index (χ0n) is 11.5. The number of likely N-dealkylation sites (tertiary alicyclic amines) is 1. The lowest BCUT2D eigenvalue weighted by molar-refractivity contribution is 0.0333. The molecule has 1 heteroatoms. The largest absolute Gasteiger partial charge is 0.301 e. The van der Waals surface area contributed by atoms with Gasteiger partial charge >= 0.3 is 0 Å². The van der Waals surface area contributed by atoms with E-state index in [1.807, 2.05) is 0 Å². The number of rotatable bonds is 2. The number of piperidine rings is 1. The molecule has 0 spiro atoms. The molecule has 94 valence electrons. The van der Waals surface area contributed by atoms with Gasteiger partial charge in [0.15, 0.2) is 0 Å². The van der Waals surface area contributed by atoms with E-state index in [-0.39, 0.29) is 0 Å². The fourth-order valence-corrected chi connectivity index (χ4v) is 3.76. The van der Waals surface area contributed by atoms with E-state index in [1.54, 1.807) is 0 Å². The Bertz CT molecular complexity index is 207. The lowest BCUT2D eigenvalue weighted by Gasteiger charge is -2.47. The van der Waals surface area contributed by atoms with Crippen LogP contribution in [0.3, 0.4) is 0 Å². The molecule has 16 heavy (non-hydrogen) atoms. The van der Waals surface area contributed by atoms with Gasteiger partial charge in [-0.25, -0.2) is 0 Å². The monoisotopic (exact) mass is 223 g/mol. The van der Waals surface area contributed by atoms with Crippen molar-refractivity contribution < 1.29 is 0 Å². The quantitative estimate of drug-likeness (QED) is 0.682. The van der Waals surface area contributed by atoms with Crippen LogP contribution in [0.15, 0.2) is 0 Å². The topological polar surface area (TPSA) is 3.24 Å². The summed E-state index contributed by atoms with van der Waals surface area (Å²) in [6.45, 7) is 9.92. The predicted octanol–water partition coefficient (Wildman–Crippen LogP) is 4.08. The summed E-state index contributed by atoms with van der Waals surface area (Å²) in [7, 11) is 0. The van der Waals surface area contributed by atoms with Crippen LogP contribution in [-0.4, -0.2) is 24.0 Å². The summed E-state index contributed by atoms with van der Waals surface area (Å²) in [6.07, 6.45) is 10.4. The van der Waals surface area contributed by atoms with Gasteiger partial charge in [-0.15, -0.1) is 0 Å². The molecule has 2 rings (SSSR count). The van der Waals surface area contributed by atoms with Gasteiger partial charge in [0.05, 0.1) is 0 Å². The Morgan fingerprint density at radius 1 is 1.00 bits per heavy atom. The zero-order valence-corrected chi connectivity index (χ0v) is 11.5. The van der Waals surface area contributed by atoms with Crippen molar-refractivity contribution in [2.24, 2.45) is 11.3 Å². The Morgan fingerprint density at radius 3 is 2.06 bits per heavy atom. The van der Waals surface area contributed by atoms with Gasteiger partial charge < -0.3 is 4.90 Å². The molecule has 0 aromatic carbocycles. The summed E-state index contributed by atoms with van der Waals surface area (Å²) in [4.78, 5) is 2.66. The Morgan fingerprint density at radius 2 is 1.56 bits per heavy atom. The predicted molar refractivity (Wildman–Crippen MR) is 70.6 cm³/mol. The molecule has 1 saturated heterocycles. The van der Waals surface area contributed by atoms with Crippen molar-refractivity contribution in [2.45, 2.75) is 71.8 Å². The molecule has 0 atom stereocenters. The van der Waals surface area contributed by atoms with E-state index in [0.29, 0.717) is 5.41 Å². The molecule has 0 aromatic heterocycles. The van der Waals surface area contributed by atoms with Crippen LogP contribution in [0.5, 0.6) is 0 Å². The second kappa shape index (κ2) is 5.08. The van der Waals surface area contributed by atoms with Gasteiger partial charge in [0.25, 0.3) is 0 Å². The molecule has 1 aliphatic heterocycles. The van der Waals surface area contributed by atoms with Crippen LogP contribution in [0.2, 0.25) is 0 Å². The number of nitrogens with zero attached hydrogens (tertiary/aromatic N) is 1. The minimum atomic E-state index is 0.672. The van der Waals surface area contributed by atoms with Gasteiger partial charge in [-0.2, -0.15) is 0 Å². The number of hydrogen-bond donors (Lipinski definition) is 0. The lowest BCUT2D eigenvalue weighted by atomic mass is 9.65. The van der Waals surface area contributed by atoms with Crippen LogP contribution >= 0.6 is 0 Å². The molecule has 0 N–H and O–H groups in total. The van der Waals surface area contributed by atoms with Gasteiger partial charge in [0.2, 0.25) is 0 Å². The molecule has 1 nitrogen and oxygen atoms in total. The van der Waals surface area contributed by atoms with Gasteiger partial charge in [-0.3, -0.25) is 0 Å². The standard InChI is InChI=1S/C15H29N/c1-13(2)16-11-9-15(3,10-12-16)14-7-5-4-6-8-14/h13-14H,4-12H2,1-3H3. The van der Waals surface area contributed by atoms with Gasteiger partial charge in [0, 0.05) is 6.04 Å². The van der Waals surface area contributed by atoms with Crippen molar-refractivity contribution >= 4 is 0 Å². The average Bonchev–Trinajstić information content (AvgIpc) is 2.31. The molecule has 2 fully saturated rings. The van der Waals surface area contributed by atoms with Gasteiger partial charge in [-0.1, -0.05) is 26.2 Å². The number of hydrogen-bond acceptors (Lipinski definition) is 1. The first kappa shape index (κ1) is 12.4. The normalized spacial score (nSPS) is 28.5. The van der Waals surface area contributed by atoms with Crippen molar-refractivity contribution in [3.63, 3.8) is 0 Å². The summed E-state index contributed by atoms with van der Waals surface area (Å²) in [5, 5.41) is 0. The van der Waals surface area contributed by atoms with Crippen LogP contribution in [0, 0.1) is 11.3 Å². The SMILES string of the molecule is CC(C)N1CCC(C)(C2CCCCC2)CC1. The molecule has 0 aromatic rings. The first-order valence-electron chi connectivity index (χ1n) is 7.36. The van der Waals surface area contributed by atoms with Crippen molar-refractivity contribution in [1.29, 1.82) is 0 Å². The molecule has 1 heterocycles. The van der Waals surface area contributed by atoms with Crippen LogP contribution in [0.4, 0.5) is 0 Å². The Labute approximate surface area is 102 Å². The fraction of sp³-hybridized carbons (Fsp3) is 1.00. The van der Waals surface area contributed by atoms with E-state index in [2.05, 4.69) is 25.7 Å².